The molecule has 1 N–H and O–H groups in total. The Kier molecular flexibility index (Phi) is 4.99. The van der Waals surface area contributed by atoms with Crippen LogP contribution in [0.2, 0.25) is 0 Å². The van der Waals surface area contributed by atoms with Crippen molar-refractivity contribution in [2.45, 2.75) is 0 Å². The maximum absolute atomic E-state index is 11.9. The van der Waals surface area contributed by atoms with Crippen LogP contribution in [0.5, 0.6) is 0 Å². The van der Waals surface area contributed by atoms with E-state index in [-0.39, 0.29) is 11.6 Å². The molecule has 1 amide bonds. The first-order chi connectivity index (χ1) is 10.1. The van der Waals surface area contributed by atoms with Crippen LogP contribution in [0.3, 0.4) is 0 Å². The number of benzene rings is 2. The fraction of sp³-hybridized carbons (Fsp3) is 0. The molecule has 0 heterocycles. The fourth-order valence-corrected chi connectivity index (χ4v) is 2.22. The van der Waals surface area contributed by atoms with Gasteiger partial charge >= 0.3 is 0 Å². The van der Waals surface area contributed by atoms with E-state index in [4.69, 9.17) is 0 Å². The molecule has 0 unspecified atom stereocenters. The van der Waals surface area contributed by atoms with E-state index in [1.54, 1.807) is 24.3 Å². The predicted octanol–water partition coefficient (Wildman–Crippen LogP) is 2.96. The van der Waals surface area contributed by atoms with Crippen LogP contribution in [0.4, 0.5) is 5.69 Å². The summed E-state index contributed by atoms with van der Waals surface area (Å²) in [7, 11) is 0. The number of halogens is 1. The van der Waals surface area contributed by atoms with Crippen LogP contribution in [-0.2, 0) is 0 Å². The van der Waals surface area contributed by atoms with E-state index in [0.29, 0.717) is 11.1 Å². The number of hydrogen-bond donors (Lipinski definition) is 1. The monoisotopic (exact) mass is 395 g/mol. The lowest BCUT2D eigenvalue weighted by Crippen LogP contribution is -2.18. The summed E-state index contributed by atoms with van der Waals surface area (Å²) in [5, 5.41) is 14.5. The number of nitrogens with zero attached hydrogens (tertiary/aromatic N) is 2. The topological polar surface area (TPSA) is 84.6 Å². The first kappa shape index (κ1) is 15.1. The van der Waals surface area contributed by atoms with Crippen LogP contribution in [0.15, 0.2) is 53.6 Å². The third-order valence-corrected chi connectivity index (χ3v) is 3.52. The quantitative estimate of drug-likeness (QED) is 0.374. The zero-order chi connectivity index (χ0) is 15.2. The number of nitro groups is 1. The molecule has 106 valence electrons. The van der Waals surface area contributed by atoms with Crippen molar-refractivity contribution in [1.82, 2.24) is 5.43 Å². The average Bonchev–Trinajstić information content (AvgIpc) is 2.48. The molecule has 2 rings (SSSR count). The second kappa shape index (κ2) is 6.93. The Hall–Kier alpha value is -2.29. The molecule has 0 aliphatic carbocycles. The van der Waals surface area contributed by atoms with Crippen molar-refractivity contribution in [2.75, 3.05) is 0 Å². The molecule has 2 aromatic rings. The maximum Gasteiger partial charge on any atom is 0.272 e. The number of carbonyl (C=O) groups is 1. The smallest absolute Gasteiger partial charge is 0.267 e. The molecule has 21 heavy (non-hydrogen) atoms. The Morgan fingerprint density at radius 3 is 2.71 bits per heavy atom. The molecule has 0 aliphatic heterocycles. The molecular weight excluding hydrogens is 385 g/mol. The maximum atomic E-state index is 11.9. The summed E-state index contributed by atoms with van der Waals surface area (Å²) in [6.45, 7) is 0. The molecule has 0 aliphatic rings. The van der Waals surface area contributed by atoms with E-state index < -0.39 is 4.92 Å². The standard InChI is InChI=1S/C14H10IN3O3/c15-13-7-2-1-6-12(13)14(19)17-16-9-10-4-3-5-11(8-10)18(20)21/h1-9H,(H,17,19). The van der Waals surface area contributed by atoms with E-state index in [0.717, 1.165) is 3.57 Å². The number of amides is 1. The summed E-state index contributed by atoms with van der Waals surface area (Å²) in [4.78, 5) is 22.1. The van der Waals surface area contributed by atoms with Gasteiger partial charge < -0.3 is 0 Å². The van der Waals surface area contributed by atoms with Crippen LogP contribution >= 0.6 is 22.6 Å². The lowest BCUT2D eigenvalue weighted by atomic mass is 10.2. The summed E-state index contributed by atoms with van der Waals surface area (Å²) in [5.41, 5.74) is 3.42. The minimum absolute atomic E-state index is 0.0251. The molecule has 0 radical (unpaired) electrons. The van der Waals surface area contributed by atoms with Crippen molar-refractivity contribution in [3.05, 3.63) is 73.3 Å². The Balaban J connectivity index is 2.06. The van der Waals surface area contributed by atoms with Crippen molar-refractivity contribution in [1.29, 1.82) is 0 Å². The van der Waals surface area contributed by atoms with Gasteiger partial charge in [-0.05, 0) is 34.7 Å². The lowest BCUT2D eigenvalue weighted by Gasteiger charge is -2.01. The Morgan fingerprint density at radius 1 is 1.24 bits per heavy atom. The van der Waals surface area contributed by atoms with E-state index in [1.807, 2.05) is 12.1 Å². The summed E-state index contributed by atoms with van der Waals surface area (Å²) < 4.78 is 0.818. The second-order valence-corrected chi connectivity index (χ2v) is 5.19. The molecule has 0 fully saturated rings. The third-order valence-electron chi connectivity index (χ3n) is 2.58. The van der Waals surface area contributed by atoms with Crippen LogP contribution in [0, 0.1) is 13.7 Å². The fourth-order valence-electron chi connectivity index (χ4n) is 1.59. The van der Waals surface area contributed by atoms with Gasteiger partial charge in [-0.25, -0.2) is 5.43 Å². The normalized spacial score (nSPS) is 10.5. The van der Waals surface area contributed by atoms with E-state index in [1.165, 1.54) is 18.3 Å². The number of nitrogens with one attached hydrogen (secondary N) is 1. The van der Waals surface area contributed by atoms with E-state index in [9.17, 15) is 14.9 Å². The number of hydrogen-bond acceptors (Lipinski definition) is 4. The minimum atomic E-state index is -0.484. The highest BCUT2D eigenvalue weighted by Crippen LogP contribution is 2.12. The van der Waals surface area contributed by atoms with Gasteiger partial charge in [0.1, 0.15) is 0 Å². The van der Waals surface area contributed by atoms with Crippen LogP contribution in [-0.4, -0.2) is 17.0 Å². The van der Waals surface area contributed by atoms with Gasteiger partial charge in [0.15, 0.2) is 0 Å². The molecule has 2 aromatic carbocycles. The number of carbonyl (C=O) groups excluding carboxylic acids is 1. The van der Waals surface area contributed by atoms with E-state index >= 15 is 0 Å². The van der Waals surface area contributed by atoms with Crippen molar-refractivity contribution < 1.29 is 9.72 Å². The van der Waals surface area contributed by atoms with Gasteiger partial charge in [-0.3, -0.25) is 14.9 Å². The van der Waals surface area contributed by atoms with Gasteiger partial charge in [-0.1, -0.05) is 24.3 Å². The van der Waals surface area contributed by atoms with Crippen molar-refractivity contribution >= 4 is 40.4 Å². The SMILES string of the molecule is O=C(NN=Cc1cccc([N+](=O)[O-])c1)c1ccccc1I. The average molecular weight is 395 g/mol. The van der Waals surface area contributed by atoms with E-state index in [2.05, 4.69) is 33.1 Å². The Labute approximate surface area is 134 Å². The highest BCUT2D eigenvalue weighted by molar-refractivity contribution is 14.1. The molecule has 0 saturated carbocycles. The molecule has 0 spiro atoms. The Morgan fingerprint density at radius 2 is 2.00 bits per heavy atom. The highest BCUT2D eigenvalue weighted by atomic mass is 127. The number of nitro benzene ring substituents is 1. The third kappa shape index (κ3) is 4.09. The molecule has 0 aromatic heterocycles. The van der Waals surface area contributed by atoms with Gasteiger partial charge in [0, 0.05) is 21.3 Å². The number of hydrazone groups is 1. The zero-order valence-electron chi connectivity index (χ0n) is 10.7. The van der Waals surface area contributed by atoms with Gasteiger partial charge in [0.2, 0.25) is 0 Å². The summed E-state index contributed by atoms with van der Waals surface area (Å²) >= 11 is 2.06. The summed E-state index contributed by atoms with van der Waals surface area (Å²) in [6.07, 6.45) is 1.36. The molecule has 0 bridgehead atoms. The molecule has 6 nitrogen and oxygen atoms in total. The lowest BCUT2D eigenvalue weighted by molar-refractivity contribution is -0.384. The minimum Gasteiger partial charge on any atom is -0.267 e. The number of rotatable bonds is 4. The largest absolute Gasteiger partial charge is 0.272 e. The predicted molar refractivity (Wildman–Crippen MR) is 87.3 cm³/mol. The molecule has 7 heteroatoms. The van der Waals surface area contributed by atoms with Crippen LogP contribution in [0.25, 0.3) is 0 Å². The first-order valence-electron chi connectivity index (χ1n) is 5.90. The molecule has 0 saturated heterocycles. The zero-order valence-corrected chi connectivity index (χ0v) is 12.9. The first-order valence-corrected chi connectivity index (χ1v) is 6.98. The number of non-ortho nitro benzene ring substituents is 1. The van der Waals surface area contributed by atoms with Gasteiger partial charge in [-0.15, -0.1) is 0 Å². The Bertz CT molecular complexity index is 716. The summed E-state index contributed by atoms with van der Waals surface area (Å²) in [6, 6.07) is 13.1. The van der Waals surface area contributed by atoms with Crippen molar-refractivity contribution in [3.8, 4) is 0 Å². The van der Waals surface area contributed by atoms with Gasteiger partial charge in [0.25, 0.3) is 11.6 Å². The van der Waals surface area contributed by atoms with Crippen molar-refractivity contribution in [2.24, 2.45) is 5.10 Å². The summed E-state index contributed by atoms with van der Waals surface area (Å²) in [5.74, 6) is -0.332. The van der Waals surface area contributed by atoms with Crippen LogP contribution < -0.4 is 5.43 Å². The van der Waals surface area contributed by atoms with Gasteiger partial charge in [-0.2, -0.15) is 5.10 Å². The van der Waals surface area contributed by atoms with Crippen molar-refractivity contribution in [3.63, 3.8) is 0 Å². The molecule has 0 atom stereocenters. The second-order valence-electron chi connectivity index (χ2n) is 4.03. The molecular formula is C14H10IN3O3. The van der Waals surface area contributed by atoms with Crippen LogP contribution in [0.1, 0.15) is 15.9 Å². The highest BCUT2D eigenvalue weighted by Gasteiger charge is 2.07. The van der Waals surface area contributed by atoms with Gasteiger partial charge in [0.05, 0.1) is 16.7 Å².